The van der Waals surface area contributed by atoms with Gasteiger partial charge in [0.05, 0.1) is 12.0 Å². The maximum atomic E-state index is 5.36. The topological polar surface area (TPSA) is 43.8 Å². The molecule has 0 aliphatic rings. The first-order valence-corrected chi connectivity index (χ1v) is 3.57. The number of hydrogen-bond donors (Lipinski definition) is 1. The highest BCUT2D eigenvalue weighted by Crippen LogP contribution is 1.95. The number of halogens is 2. The second-order valence-electron chi connectivity index (χ2n) is 2.23. The summed E-state index contributed by atoms with van der Waals surface area (Å²) in [4.78, 5) is 4.16. The van der Waals surface area contributed by atoms with Crippen molar-refractivity contribution in [2.45, 2.75) is 19.9 Å². The van der Waals surface area contributed by atoms with E-state index < -0.39 is 0 Å². The summed E-state index contributed by atoms with van der Waals surface area (Å²) in [7, 11) is 0. The normalized spacial score (nSPS) is 8.50. The first kappa shape index (κ1) is 14.3. The monoisotopic (exact) mass is 211 g/mol. The highest BCUT2D eigenvalue weighted by atomic mass is 35.5. The van der Waals surface area contributed by atoms with Crippen LogP contribution >= 0.6 is 24.8 Å². The highest BCUT2D eigenvalue weighted by molar-refractivity contribution is 5.85. The fraction of sp³-hybridized carbons (Fsp3) is 0.571. The summed E-state index contributed by atoms with van der Waals surface area (Å²) in [6, 6.07) is 0. The van der Waals surface area contributed by atoms with Gasteiger partial charge in [-0.25, -0.2) is 4.98 Å². The predicted octanol–water partition coefficient (Wildman–Crippen LogP) is 1.25. The van der Waals surface area contributed by atoms with E-state index in [1.807, 2.05) is 17.1 Å². The highest BCUT2D eigenvalue weighted by Gasteiger charge is 1.93. The van der Waals surface area contributed by atoms with E-state index in [4.69, 9.17) is 5.73 Å². The van der Waals surface area contributed by atoms with Crippen molar-refractivity contribution in [2.24, 2.45) is 5.73 Å². The molecule has 0 fully saturated rings. The number of nitrogens with two attached hydrogens (primary N) is 1. The van der Waals surface area contributed by atoms with Gasteiger partial charge in [0.2, 0.25) is 0 Å². The molecule has 0 radical (unpaired) electrons. The minimum absolute atomic E-state index is 0. The van der Waals surface area contributed by atoms with E-state index in [0.717, 1.165) is 18.7 Å². The van der Waals surface area contributed by atoms with Crippen molar-refractivity contribution in [2.75, 3.05) is 6.54 Å². The SMILES string of the molecule is CCn1cnc(CCN)c1.Cl.Cl. The van der Waals surface area contributed by atoms with Gasteiger partial charge in [0.1, 0.15) is 0 Å². The Balaban J connectivity index is 0. The van der Waals surface area contributed by atoms with E-state index in [0.29, 0.717) is 6.54 Å². The summed E-state index contributed by atoms with van der Waals surface area (Å²) >= 11 is 0. The Labute approximate surface area is 85.2 Å². The molecule has 72 valence electrons. The van der Waals surface area contributed by atoms with Crippen LogP contribution in [0.5, 0.6) is 0 Å². The number of aryl methyl sites for hydroxylation is 1. The van der Waals surface area contributed by atoms with Crippen LogP contribution in [0, 0.1) is 0 Å². The minimum Gasteiger partial charge on any atom is -0.337 e. The van der Waals surface area contributed by atoms with Gasteiger partial charge in [-0.1, -0.05) is 0 Å². The summed E-state index contributed by atoms with van der Waals surface area (Å²) in [5.41, 5.74) is 6.45. The van der Waals surface area contributed by atoms with Crippen molar-refractivity contribution in [3.05, 3.63) is 18.2 Å². The van der Waals surface area contributed by atoms with Crippen LogP contribution in [-0.2, 0) is 13.0 Å². The van der Waals surface area contributed by atoms with Gasteiger partial charge >= 0.3 is 0 Å². The molecule has 0 atom stereocenters. The first-order chi connectivity index (χ1) is 4.86. The fourth-order valence-corrected chi connectivity index (χ4v) is 0.856. The Bertz CT molecular complexity index is 200. The Morgan fingerprint density at radius 3 is 2.58 bits per heavy atom. The Hall–Kier alpha value is -0.250. The van der Waals surface area contributed by atoms with E-state index in [-0.39, 0.29) is 24.8 Å². The van der Waals surface area contributed by atoms with E-state index in [1.54, 1.807) is 0 Å². The van der Waals surface area contributed by atoms with E-state index >= 15 is 0 Å². The minimum atomic E-state index is 0. The van der Waals surface area contributed by atoms with Gasteiger partial charge in [0.25, 0.3) is 0 Å². The van der Waals surface area contributed by atoms with Crippen molar-refractivity contribution in [3.8, 4) is 0 Å². The lowest BCUT2D eigenvalue weighted by molar-refractivity contribution is 0.760. The lowest BCUT2D eigenvalue weighted by Crippen LogP contribution is -2.02. The molecule has 1 aromatic heterocycles. The van der Waals surface area contributed by atoms with E-state index in [2.05, 4.69) is 11.9 Å². The molecule has 0 saturated heterocycles. The molecule has 5 heteroatoms. The van der Waals surface area contributed by atoms with Gasteiger partial charge in [-0.15, -0.1) is 24.8 Å². The summed E-state index contributed by atoms with van der Waals surface area (Å²) in [6.45, 7) is 3.76. The van der Waals surface area contributed by atoms with Crippen molar-refractivity contribution >= 4 is 24.8 Å². The average Bonchev–Trinajstić information content (AvgIpc) is 2.37. The molecule has 0 spiro atoms. The summed E-state index contributed by atoms with van der Waals surface area (Å²) < 4.78 is 2.05. The van der Waals surface area contributed by atoms with Crippen LogP contribution in [0.2, 0.25) is 0 Å². The van der Waals surface area contributed by atoms with Crippen molar-refractivity contribution < 1.29 is 0 Å². The zero-order valence-electron chi connectivity index (χ0n) is 7.06. The van der Waals surface area contributed by atoms with Crippen molar-refractivity contribution in [1.29, 1.82) is 0 Å². The standard InChI is InChI=1S/C7H13N3.2ClH/c1-2-10-5-7(3-4-8)9-6-10;;/h5-6H,2-4,8H2,1H3;2*1H. The van der Waals surface area contributed by atoms with Crippen LogP contribution < -0.4 is 5.73 Å². The molecule has 0 aliphatic carbocycles. The molecule has 1 heterocycles. The number of nitrogens with zero attached hydrogens (tertiary/aromatic N) is 2. The van der Waals surface area contributed by atoms with Crippen molar-refractivity contribution in [1.82, 2.24) is 9.55 Å². The third-order valence-corrected chi connectivity index (χ3v) is 1.45. The first-order valence-electron chi connectivity index (χ1n) is 3.57. The molecule has 0 aromatic carbocycles. The van der Waals surface area contributed by atoms with Crippen LogP contribution in [0.4, 0.5) is 0 Å². The van der Waals surface area contributed by atoms with Crippen LogP contribution in [0.1, 0.15) is 12.6 Å². The smallest absolute Gasteiger partial charge is 0.0949 e. The lowest BCUT2D eigenvalue weighted by Gasteiger charge is -1.90. The fourth-order valence-electron chi connectivity index (χ4n) is 0.856. The molecule has 12 heavy (non-hydrogen) atoms. The van der Waals surface area contributed by atoms with Gasteiger partial charge in [-0.05, 0) is 13.5 Å². The van der Waals surface area contributed by atoms with Crippen molar-refractivity contribution in [3.63, 3.8) is 0 Å². The Morgan fingerprint density at radius 2 is 2.17 bits per heavy atom. The van der Waals surface area contributed by atoms with Gasteiger partial charge in [0.15, 0.2) is 0 Å². The molecule has 0 aliphatic heterocycles. The second kappa shape index (κ2) is 7.40. The molecule has 0 saturated carbocycles. The van der Waals surface area contributed by atoms with Gasteiger partial charge in [-0.2, -0.15) is 0 Å². The third kappa shape index (κ3) is 3.95. The third-order valence-electron chi connectivity index (χ3n) is 1.45. The number of rotatable bonds is 3. The molecule has 2 N–H and O–H groups in total. The molecular formula is C7H15Cl2N3. The molecular weight excluding hydrogens is 197 g/mol. The quantitative estimate of drug-likeness (QED) is 0.819. The average molecular weight is 212 g/mol. The lowest BCUT2D eigenvalue weighted by atomic mass is 10.3. The van der Waals surface area contributed by atoms with Crippen LogP contribution in [0.25, 0.3) is 0 Å². The van der Waals surface area contributed by atoms with Gasteiger partial charge < -0.3 is 10.3 Å². The number of aromatic nitrogens is 2. The predicted molar refractivity (Wildman–Crippen MR) is 55.2 cm³/mol. The summed E-state index contributed by atoms with van der Waals surface area (Å²) in [5.74, 6) is 0. The zero-order valence-corrected chi connectivity index (χ0v) is 8.70. The number of hydrogen-bond acceptors (Lipinski definition) is 2. The van der Waals surface area contributed by atoms with Crippen LogP contribution in [0.15, 0.2) is 12.5 Å². The van der Waals surface area contributed by atoms with Gasteiger partial charge in [-0.3, -0.25) is 0 Å². The summed E-state index contributed by atoms with van der Waals surface area (Å²) in [6.07, 6.45) is 4.75. The molecule has 3 nitrogen and oxygen atoms in total. The molecule has 1 rings (SSSR count). The van der Waals surface area contributed by atoms with E-state index in [1.165, 1.54) is 0 Å². The van der Waals surface area contributed by atoms with Gasteiger partial charge in [0, 0.05) is 19.2 Å². The molecule has 0 unspecified atom stereocenters. The van der Waals surface area contributed by atoms with E-state index in [9.17, 15) is 0 Å². The van der Waals surface area contributed by atoms with Crippen LogP contribution in [-0.4, -0.2) is 16.1 Å². The zero-order chi connectivity index (χ0) is 7.40. The summed E-state index contributed by atoms with van der Waals surface area (Å²) in [5, 5.41) is 0. The Morgan fingerprint density at radius 1 is 1.50 bits per heavy atom. The van der Waals surface area contributed by atoms with Crippen LogP contribution in [0.3, 0.4) is 0 Å². The molecule has 0 bridgehead atoms. The Kier molecular flexibility index (Phi) is 8.81. The molecule has 1 aromatic rings. The maximum absolute atomic E-state index is 5.36. The number of imidazole rings is 1. The molecule has 0 amide bonds. The second-order valence-corrected chi connectivity index (χ2v) is 2.23. The maximum Gasteiger partial charge on any atom is 0.0949 e. The largest absolute Gasteiger partial charge is 0.337 e.